The standard InChI is InChI=1S/C12H14ClIO3/c1-7(2)11(12(15)16-3)17-10-5-4-8(14)6-9(10)13/h4-7,11H,1-3H3. The van der Waals surface area contributed by atoms with Gasteiger partial charge in [-0.1, -0.05) is 25.4 Å². The third kappa shape index (κ3) is 4.03. The van der Waals surface area contributed by atoms with Gasteiger partial charge in [0.15, 0.2) is 6.10 Å². The Morgan fingerprint density at radius 1 is 1.41 bits per heavy atom. The van der Waals surface area contributed by atoms with E-state index in [0.29, 0.717) is 10.8 Å². The summed E-state index contributed by atoms with van der Waals surface area (Å²) < 4.78 is 11.3. The maximum absolute atomic E-state index is 11.5. The molecule has 0 aromatic heterocycles. The Hall–Kier alpha value is -0.490. The topological polar surface area (TPSA) is 35.5 Å². The predicted molar refractivity (Wildman–Crippen MR) is 75.4 cm³/mol. The Labute approximate surface area is 120 Å². The van der Waals surface area contributed by atoms with Crippen molar-refractivity contribution in [2.24, 2.45) is 5.92 Å². The first kappa shape index (κ1) is 14.6. The summed E-state index contributed by atoms with van der Waals surface area (Å²) in [6.45, 7) is 3.78. The number of hydrogen-bond donors (Lipinski definition) is 0. The Morgan fingerprint density at radius 2 is 2.06 bits per heavy atom. The number of benzene rings is 1. The van der Waals surface area contributed by atoms with Crippen LogP contribution in [0, 0.1) is 9.49 Å². The number of esters is 1. The molecule has 1 atom stereocenters. The fourth-order valence-corrected chi connectivity index (χ4v) is 2.18. The van der Waals surface area contributed by atoms with Crippen molar-refractivity contribution in [2.75, 3.05) is 7.11 Å². The highest BCUT2D eigenvalue weighted by Crippen LogP contribution is 2.28. The smallest absolute Gasteiger partial charge is 0.347 e. The number of hydrogen-bond acceptors (Lipinski definition) is 3. The largest absolute Gasteiger partial charge is 0.477 e. The second-order valence-corrected chi connectivity index (χ2v) is 5.53. The summed E-state index contributed by atoms with van der Waals surface area (Å²) in [5, 5.41) is 0.492. The number of methoxy groups -OCH3 is 1. The van der Waals surface area contributed by atoms with E-state index in [0.717, 1.165) is 3.57 Å². The van der Waals surface area contributed by atoms with Gasteiger partial charge in [0.25, 0.3) is 0 Å². The Morgan fingerprint density at radius 3 is 2.53 bits per heavy atom. The van der Waals surface area contributed by atoms with E-state index in [1.54, 1.807) is 12.1 Å². The highest BCUT2D eigenvalue weighted by Gasteiger charge is 2.25. The van der Waals surface area contributed by atoms with Gasteiger partial charge in [0.2, 0.25) is 0 Å². The first-order valence-electron chi connectivity index (χ1n) is 5.15. The molecule has 0 saturated carbocycles. The summed E-state index contributed by atoms with van der Waals surface area (Å²) >= 11 is 8.20. The molecule has 17 heavy (non-hydrogen) atoms. The van der Waals surface area contributed by atoms with Gasteiger partial charge in [0, 0.05) is 9.49 Å². The molecule has 0 N–H and O–H groups in total. The van der Waals surface area contributed by atoms with E-state index < -0.39 is 12.1 Å². The molecular weight excluding hydrogens is 354 g/mol. The minimum Gasteiger partial charge on any atom is -0.477 e. The highest BCUT2D eigenvalue weighted by molar-refractivity contribution is 14.1. The predicted octanol–water partition coefficient (Wildman–Crippen LogP) is 3.52. The molecule has 0 radical (unpaired) electrons. The number of carbonyl (C=O) groups is 1. The highest BCUT2D eigenvalue weighted by atomic mass is 127. The first-order valence-corrected chi connectivity index (χ1v) is 6.61. The van der Waals surface area contributed by atoms with Crippen LogP contribution in [0.5, 0.6) is 5.75 Å². The van der Waals surface area contributed by atoms with Crippen LogP contribution in [0.4, 0.5) is 0 Å². The summed E-state index contributed by atoms with van der Waals surface area (Å²) in [6, 6.07) is 5.41. The number of ether oxygens (including phenoxy) is 2. The molecule has 0 spiro atoms. The van der Waals surface area contributed by atoms with Gasteiger partial charge in [-0.15, -0.1) is 0 Å². The average Bonchev–Trinajstić information content (AvgIpc) is 2.26. The molecule has 0 aliphatic carbocycles. The van der Waals surface area contributed by atoms with Gasteiger partial charge in [-0.2, -0.15) is 0 Å². The molecule has 1 aromatic rings. The molecule has 1 aromatic carbocycles. The third-order valence-electron chi connectivity index (χ3n) is 2.19. The van der Waals surface area contributed by atoms with Gasteiger partial charge in [0.1, 0.15) is 5.75 Å². The van der Waals surface area contributed by atoms with Gasteiger partial charge in [-0.05, 0) is 40.8 Å². The van der Waals surface area contributed by atoms with E-state index >= 15 is 0 Å². The van der Waals surface area contributed by atoms with Gasteiger partial charge in [-0.3, -0.25) is 0 Å². The van der Waals surface area contributed by atoms with E-state index in [2.05, 4.69) is 22.6 Å². The lowest BCUT2D eigenvalue weighted by atomic mass is 10.1. The van der Waals surface area contributed by atoms with E-state index in [4.69, 9.17) is 21.1 Å². The summed E-state index contributed by atoms with van der Waals surface area (Å²) in [5.74, 6) is 0.114. The normalized spacial score (nSPS) is 12.4. The van der Waals surface area contributed by atoms with Gasteiger partial charge in [-0.25, -0.2) is 4.79 Å². The van der Waals surface area contributed by atoms with E-state index in [1.807, 2.05) is 19.9 Å². The molecule has 0 bridgehead atoms. The Bertz CT molecular complexity index is 407. The van der Waals surface area contributed by atoms with Crippen LogP contribution in [0.2, 0.25) is 5.02 Å². The van der Waals surface area contributed by atoms with Crippen LogP contribution in [-0.2, 0) is 9.53 Å². The second-order valence-electron chi connectivity index (χ2n) is 3.88. The van der Waals surface area contributed by atoms with E-state index in [1.165, 1.54) is 7.11 Å². The Kier molecular flexibility index (Phi) is 5.52. The number of rotatable bonds is 4. The van der Waals surface area contributed by atoms with Crippen LogP contribution >= 0.6 is 34.2 Å². The van der Waals surface area contributed by atoms with Gasteiger partial charge >= 0.3 is 5.97 Å². The summed E-state index contributed by atoms with van der Waals surface area (Å²) in [5.41, 5.74) is 0. The number of carbonyl (C=O) groups excluding carboxylic acids is 1. The van der Waals surface area contributed by atoms with Crippen LogP contribution in [0.15, 0.2) is 18.2 Å². The molecular formula is C12H14ClIO3. The van der Waals surface area contributed by atoms with Crippen LogP contribution in [-0.4, -0.2) is 19.2 Å². The van der Waals surface area contributed by atoms with Gasteiger partial charge < -0.3 is 9.47 Å². The zero-order valence-corrected chi connectivity index (χ0v) is 12.8. The fourth-order valence-electron chi connectivity index (χ4n) is 1.28. The lowest BCUT2D eigenvalue weighted by Crippen LogP contribution is -2.33. The zero-order chi connectivity index (χ0) is 13.0. The average molecular weight is 369 g/mol. The summed E-state index contributed by atoms with van der Waals surface area (Å²) in [7, 11) is 1.34. The first-order chi connectivity index (χ1) is 7.95. The van der Waals surface area contributed by atoms with E-state index in [-0.39, 0.29) is 5.92 Å². The molecule has 0 heterocycles. The van der Waals surface area contributed by atoms with E-state index in [9.17, 15) is 4.79 Å². The van der Waals surface area contributed by atoms with Crippen molar-refractivity contribution < 1.29 is 14.3 Å². The zero-order valence-electron chi connectivity index (χ0n) is 9.87. The van der Waals surface area contributed by atoms with Crippen LogP contribution in [0.3, 0.4) is 0 Å². The maximum atomic E-state index is 11.5. The maximum Gasteiger partial charge on any atom is 0.347 e. The molecule has 0 saturated heterocycles. The van der Waals surface area contributed by atoms with Crippen LogP contribution < -0.4 is 4.74 Å². The van der Waals surface area contributed by atoms with Crippen LogP contribution in [0.25, 0.3) is 0 Å². The summed E-state index contributed by atoms with van der Waals surface area (Å²) in [6.07, 6.45) is -0.641. The Balaban J connectivity index is 2.90. The second kappa shape index (κ2) is 6.44. The minimum absolute atomic E-state index is 0.0118. The summed E-state index contributed by atoms with van der Waals surface area (Å²) in [4.78, 5) is 11.5. The number of halogens is 2. The fraction of sp³-hybridized carbons (Fsp3) is 0.417. The van der Waals surface area contributed by atoms with Crippen molar-refractivity contribution >= 4 is 40.2 Å². The third-order valence-corrected chi connectivity index (χ3v) is 3.15. The molecule has 94 valence electrons. The molecule has 1 rings (SSSR count). The molecule has 0 aliphatic rings. The molecule has 0 fully saturated rings. The molecule has 5 heteroatoms. The van der Waals surface area contributed by atoms with Crippen molar-refractivity contribution in [2.45, 2.75) is 20.0 Å². The molecule has 0 aliphatic heterocycles. The lowest BCUT2D eigenvalue weighted by Gasteiger charge is -2.20. The van der Waals surface area contributed by atoms with Crippen molar-refractivity contribution in [1.82, 2.24) is 0 Å². The monoisotopic (exact) mass is 368 g/mol. The lowest BCUT2D eigenvalue weighted by molar-refractivity contribution is -0.150. The SMILES string of the molecule is COC(=O)C(Oc1ccc(I)cc1Cl)C(C)C. The van der Waals surface area contributed by atoms with Crippen molar-refractivity contribution in [3.63, 3.8) is 0 Å². The van der Waals surface area contributed by atoms with Crippen LogP contribution in [0.1, 0.15) is 13.8 Å². The molecule has 3 nitrogen and oxygen atoms in total. The molecule has 1 unspecified atom stereocenters. The molecule has 0 amide bonds. The van der Waals surface area contributed by atoms with Crippen molar-refractivity contribution in [3.05, 3.63) is 26.8 Å². The minimum atomic E-state index is -0.641. The van der Waals surface area contributed by atoms with Crippen molar-refractivity contribution in [1.29, 1.82) is 0 Å². The van der Waals surface area contributed by atoms with Gasteiger partial charge in [0.05, 0.1) is 12.1 Å². The quantitative estimate of drug-likeness (QED) is 0.602. The van der Waals surface area contributed by atoms with Crippen molar-refractivity contribution in [3.8, 4) is 5.75 Å².